The Kier molecular flexibility index (Phi) is 8.94. The molecule has 0 aromatic heterocycles. The number of halogens is 1. The van der Waals surface area contributed by atoms with Crippen molar-refractivity contribution in [3.8, 4) is 0 Å². The minimum absolute atomic E-state index is 0.594. The van der Waals surface area contributed by atoms with Gasteiger partial charge in [0, 0.05) is 0 Å². The Bertz CT molecular complexity index is 110. The Morgan fingerprint density at radius 3 is 1.85 bits per heavy atom. The SMILES string of the molecule is CCCCCCCCCC(S)(S)Cl. The van der Waals surface area contributed by atoms with Crippen LogP contribution in [0.4, 0.5) is 0 Å². The van der Waals surface area contributed by atoms with E-state index in [1.165, 1.54) is 38.5 Å². The molecule has 0 aromatic rings. The van der Waals surface area contributed by atoms with Crippen LogP contribution in [0.1, 0.15) is 58.3 Å². The van der Waals surface area contributed by atoms with E-state index in [0.717, 1.165) is 12.8 Å². The van der Waals surface area contributed by atoms with Gasteiger partial charge >= 0.3 is 0 Å². The monoisotopic (exact) mass is 240 g/mol. The van der Waals surface area contributed by atoms with E-state index in [9.17, 15) is 0 Å². The normalized spacial score (nSPS) is 12.0. The van der Waals surface area contributed by atoms with Crippen molar-refractivity contribution in [1.29, 1.82) is 0 Å². The zero-order chi connectivity index (χ0) is 10.2. The van der Waals surface area contributed by atoms with Gasteiger partial charge in [-0.2, -0.15) is 0 Å². The minimum Gasteiger partial charge on any atom is -0.146 e. The van der Waals surface area contributed by atoms with Gasteiger partial charge in [-0.15, -0.1) is 25.3 Å². The molecule has 0 aliphatic carbocycles. The highest BCUT2D eigenvalue weighted by molar-refractivity contribution is 8.02. The molecule has 0 aliphatic heterocycles. The molecule has 0 fully saturated rings. The Balaban J connectivity index is 3.00. The topological polar surface area (TPSA) is 0 Å². The first-order chi connectivity index (χ1) is 6.06. The number of alkyl halides is 1. The third-order valence-electron chi connectivity index (χ3n) is 2.10. The third-order valence-corrected chi connectivity index (χ3v) is 2.73. The highest BCUT2D eigenvalue weighted by atomic mass is 35.5. The van der Waals surface area contributed by atoms with Crippen LogP contribution in [0.3, 0.4) is 0 Å². The minimum atomic E-state index is -0.594. The second-order valence-electron chi connectivity index (χ2n) is 3.59. The van der Waals surface area contributed by atoms with Crippen LogP contribution in [0.5, 0.6) is 0 Å². The van der Waals surface area contributed by atoms with Crippen molar-refractivity contribution in [3.05, 3.63) is 0 Å². The van der Waals surface area contributed by atoms with Crippen LogP contribution in [-0.2, 0) is 0 Å². The van der Waals surface area contributed by atoms with Gasteiger partial charge in [-0.25, -0.2) is 0 Å². The molecule has 0 heterocycles. The first kappa shape index (κ1) is 14.0. The van der Waals surface area contributed by atoms with Crippen LogP contribution in [0, 0.1) is 0 Å². The molecule has 0 saturated heterocycles. The number of rotatable bonds is 8. The lowest BCUT2D eigenvalue weighted by atomic mass is 10.1. The van der Waals surface area contributed by atoms with Crippen LogP contribution >= 0.6 is 36.9 Å². The van der Waals surface area contributed by atoms with Crippen molar-refractivity contribution in [2.24, 2.45) is 0 Å². The molecule has 0 saturated carbocycles. The van der Waals surface area contributed by atoms with Crippen LogP contribution in [0.2, 0.25) is 0 Å². The van der Waals surface area contributed by atoms with Crippen molar-refractivity contribution < 1.29 is 0 Å². The standard InChI is InChI=1S/C10H21ClS2/c1-2-3-4-5-6-7-8-9-10(11,12)13/h12-13H,2-9H2,1H3. The highest BCUT2D eigenvalue weighted by Gasteiger charge is 2.13. The van der Waals surface area contributed by atoms with E-state index in [1.807, 2.05) is 0 Å². The predicted octanol–water partition coefficient (Wildman–Crippen LogP) is 4.88. The summed E-state index contributed by atoms with van der Waals surface area (Å²) in [4.78, 5) is 0. The lowest BCUT2D eigenvalue weighted by Crippen LogP contribution is -2.01. The average Bonchev–Trinajstić information content (AvgIpc) is 2.01. The third kappa shape index (κ3) is 13.0. The van der Waals surface area contributed by atoms with Crippen molar-refractivity contribution >= 4 is 36.9 Å². The molecule has 0 unspecified atom stereocenters. The Morgan fingerprint density at radius 2 is 1.38 bits per heavy atom. The molecule has 13 heavy (non-hydrogen) atoms. The summed E-state index contributed by atoms with van der Waals surface area (Å²) in [6, 6.07) is 0. The fourth-order valence-corrected chi connectivity index (χ4v) is 1.76. The van der Waals surface area contributed by atoms with E-state index in [-0.39, 0.29) is 0 Å². The maximum absolute atomic E-state index is 5.82. The zero-order valence-corrected chi connectivity index (χ0v) is 11.0. The largest absolute Gasteiger partial charge is 0.146 e. The molecule has 0 atom stereocenters. The number of hydrogen-bond acceptors (Lipinski definition) is 2. The lowest BCUT2D eigenvalue weighted by molar-refractivity contribution is 0.580. The van der Waals surface area contributed by atoms with E-state index in [2.05, 4.69) is 32.2 Å². The van der Waals surface area contributed by atoms with E-state index in [0.29, 0.717) is 0 Å². The summed E-state index contributed by atoms with van der Waals surface area (Å²) in [6.45, 7) is 2.24. The van der Waals surface area contributed by atoms with E-state index >= 15 is 0 Å². The predicted molar refractivity (Wildman–Crippen MR) is 69.2 cm³/mol. The molecule has 3 heteroatoms. The van der Waals surface area contributed by atoms with E-state index in [4.69, 9.17) is 11.6 Å². The second kappa shape index (κ2) is 8.31. The first-order valence-corrected chi connectivity index (χ1v) is 6.47. The van der Waals surface area contributed by atoms with Gasteiger partial charge in [-0.3, -0.25) is 0 Å². The molecule has 0 radical (unpaired) electrons. The molecule has 0 rings (SSSR count). The molecule has 0 nitrogen and oxygen atoms in total. The summed E-state index contributed by atoms with van der Waals surface area (Å²) < 4.78 is -0.594. The molecule has 0 aromatic carbocycles. The molecular weight excluding hydrogens is 220 g/mol. The molecule has 0 bridgehead atoms. The van der Waals surface area contributed by atoms with Crippen LogP contribution in [0.15, 0.2) is 0 Å². The Morgan fingerprint density at radius 1 is 0.923 bits per heavy atom. The molecule has 0 amide bonds. The van der Waals surface area contributed by atoms with Crippen molar-refractivity contribution in [2.75, 3.05) is 0 Å². The van der Waals surface area contributed by atoms with Crippen LogP contribution in [0.25, 0.3) is 0 Å². The zero-order valence-electron chi connectivity index (χ0n) is 8.43. The number of thiol groups is 2. The van der Waals surface area contributed by atoms with Gasteiger partial charge in [0.05, 0.1) is 0 Å². The maximum Gasteiger partial charge on any atom is 0.129 e. The summed E-state index contributed by atoms with van der Waals surface area (Å²) in [5.41, 5.74) is 0. The summed E-state index contributed by atoms with van der Waals surface area (Å²) in [6.07, 6.45) is 10.0. The Hall–Kier alpha value is 0.990. The van der Waals surface area contributed by atoms with Gasteiger partial charge in [0.2, 0.25) is 0 Å². The quantitative estimate of drug-likeness (QED) is 0.257. The van der Waals surface area contributed by atoms with E-state index < -0.39 is 3.54 Å². The van der Waals surface area contributed by atoms with Crippen LogP contribution in [-0.4, -0.2) is 3.54 Å². The van der Waals surface area contributed by atoms with Crippen molar-refractivity contribution in [3.63, 3.8) is 0 Å². The molecule has 0 spiro atoms. The maximum atomic E-state index is 5.82. The second-order valence-corrected chi connectivity index (χ2v) is 6.64. The van der Waals surface area contributed by atoms with Crippen molar-refractivity contribution in [2.45, 2.75) is 61.8 Å². The summed E-state index contributed by atoms with van der Waals surface area (Å²) in [5, 5.41) is 0. The van der Waals surface area contributed by atoms with Gasteiger partial charge in [-0.05, 0) is 12.8 Å². The van der Waals surface area contributed by atoms with Crippen molar-refractivity contribution in [1.82, 2.24) is 0 Å². The average molecular weight is 241 g/mol. The summed E-state index contributed by atoms with van der Waals surface area (Å²) in [7, 11) is 0. The number of hydrogen-bond donors (Lipinski definition) is 2. The fourth-order valence-electron chi connectivity index (χ4n) is 1.31. The summed E-state index contributed by atoms with van der Waals surface area (Å²) >= 11 is 14.1. The molecule has 80 valence electrons. The van der Waals surface area contributed by atoms with Gasteiger partial charge in [-0.1, -0.05) is 57.0 Å². The molecule has 0 aliphatic rings. The fraction of sp³-hybridized carbons (Fsp3) is 1.00. The van der Waals surface area contributed by atoms with Gasteiger partial charge in [0.1, 0.15) is 3.54 Å². The Labute approximate surface area is 98.6 Å². The molecule has 0 N–H and O–H groups in total. The van der Waals surface area contributed by atoms with Gasteiger partial charge < -0.3 is 0 Å². The lowest BCUT2D eigenvalue weighted by Gasteiger charge is -2.12. The van der Waals surface area contributed by atoms with Gasteiger partial charge in [0.15, 0.2) is 0 Å². The van der Waals surface area contributed by atoms with Gasteiger partial charge in [0.25, 0.3) is 0 Å². The highest BCUT2D eigenvalue weighted by Crippen LogP contribution is 2.31. The first-order valence-electron chi connectivity index (χ1n) is 5.20. The number of unbranched alkanes of at least 4 members (excludes halogenated alkanes) is 6. The van der Waals surface area contributed by atoms with Crippen LogP contribution < -0.4 is 0 Å². The summed E-state index contributed by atoms with van der Waals surface area (Å²) in [5.74, 6) is 0. The van der Waals surface area contributed by atoms with E-state index in [1.54, 1.807) is 0 Å². The smallest absolute Gasteiger partial charge is 0.129 e. The molecular formula is C10H21ClS2.